The van der Waals surface area contributed by atoms with Gasteiger partial charge in [0, 0.05) is 29.7 Å². The van der Waals surface area contributed by atoms with E-state index in [-0.39, 0.29) is 29.3 Å². The lowest BCUT2D eigenvalue weighted by Crippen LogP contribution is -2.64. The van der Waals surface area contributed by atoms with Crippen molar-refractivity contribution in [3.63, 3.8) is 0 Å². The van der Waals surface area contributed by atoms with Crippen molar-refractivity contribution in [3.05, 3.63) is 99.6 Å². The molecule has 1 aromatic heterocycles. The summed E-state index contributed by atoms with van der Waals surface area (Å²) in [6.07, 6.45) is 3.02. The van der Waals surface area contributed by atoms with Gasteiger partial charge in [-0.3, -0.25) is 24.8 Å². The number of fused-ring (bicyclic) bond motifs is 1. The van der Waals surface area contributed by atoms with Gasteiger partial charge in [0.2, 0.25) is 0 Å². The highest BCUT2D eigenvalue weighted by molar-refractivity contribution is 8.00. The highest BCUT2D eigenvalue weighted by Gasteiger charge is 2.54. The topological polar surface area (TPSA) is 124 Å². The van der Waals surface area contributed by atoms with E-state index in [1.807, 2.05) is 0 Å². The van der Waals surface area contributed by atoms with Crippen molar-refractivity contribution in [1.29, 1.82) is 0 Å². The zero-order valence-electron chi connectivity index (χ0n) is 19.6. The molecule has 0 aliphatic carbocycles. The van der Waals surface area contributed by atoms with E-state index in [4.69, 9.17) is 13.9 Å². The largest absolute Gasteiger partial charge is 0.497 e. The second-order valence-corrected chi connectivity index (χ2v) is 9.32. The van der Waals surface area contributed by atoms with E-state index in [1.54, 1.807) is 55.6 Å². The van der Waals surface area contributed by atoms with Gasteiger partial charge < -0.3 is 13.9 Å². The molecule has 2 aliphatic heterocycles. The predicted molar refractivity (Wildman–Crippen MR) is 136 cm³/mol. The molecule has 2 atom stereocenters. The summed E-state index contributed by atoms with van der Waals surface area (Å²) in [7, 11) is 1.57. The van der Waals surface area contributed by atoms with Crippen molar-refractivity contribution >= 4 is 41.1 Å². The van der Waals surface area contributed by atoms with E-state index in [0.29, 0.717) is 28.4 Å². The van der Waals surface area contributed by atoms with E-state index in [1.165, 1.54) is 41.3 Å². The Bertz CT molecular complexity index is 1380. The number of non-ortho nitro benzene ring substituents is 1. The van der Waals surface area contributed by atoms with Crippen LogP contribution in [-0.2, 0) is 20.9 Å². The summed E-state index contributed by atoms with van der Waals surface area (Å²) in [5.74, 6) is 0.650. The molecule has 0 bridgehead atoms. The fourth-order valence-corrected chi connectivity index (χ4v) is 5.36. The van der Waals surface area contributed by atoms with Gasteiger partial charge in [-0.25, -0.2) is 4.79 Å². The smallest absolute Gasteiger partial charge is 0.355 e. The molecule has 1 saturated heterocycles. The normalized spacial score (nSPS) is 18.9. The van der Waals surface area contributed by atoms with Crippen LogP contribution in [0.15, 0.2) is 82.0 Å². The van der Waals surface area contributed by atoms with Crippen LogP contribution in [0.25, 0.3) is 5.57 Å². The average Bonchev–Trinajstić information content (AvgIpc) is 3.46. The third kappa shape index (κ3) is 4.85. The van der Waals surface area contributed by atoms with Gasteiger partial charge in [0.15, 0.2) is 6.04 Å². The Hall–Kier alpha value is -4.38. The Balaban J connectivity index is 1.35. The van der Waals surface area contributed by atoms with Crippen LogP contribution in [-0.4, -0.2) is 52.2 Å². The third-order valence-corrected chi connectivity index (χ3v) is 7.23. The molecule has 188 valence electrons. The lowest BCUT2D eigenvalue weighted by molar-refractivity contribution is -0.384. The molecule has 0 N–H and O–H groups in total. The number of aliphatic imine (C=N–C) groups is 1. The maximum atomic E-state index is 13.3. The summed E-state index contributed by atoms with van der Waals surface area (Å²) in [6.45, 7) is 0.0271. The fraction of sp³-hybridized carbons (Fsp3) is 0.192. The monoisotopic (exact) mass is 519 g/mol. The number of nitro groups is 1. The molecule has 0 saturated carbocycles. The zero-order valence-corrected chi connectivity index (χ0v) is 20.4. The van der Waals surface area contributed by atoms with Crippen LogP contribution in [0.3, 0.4) is 0 Å². The minimum absolute atomic E-state index is 0.0271. The molecule has 2 aromatic carbocycles. The van der Waals surface area contributed by atoms with Crippen molar-refractivity contribution in [2.24, 2.45) is 4.99 Å². The molecule has 5 rings (SSSR count). The second kappa shape index (κ2) is 10.3. The first kappa shape index (κ1) is 24.3. The number of nitrogens with zero attached hydrogens (tertiary/aromatic N) is 3. The number of furan rings is 1. The quantitative estimate of drug-likeness (QED) is 0.144. The molecular formula is C26H21N3O7S. The van der Waals surface area contributed by atoms with Crippen molar-refractivity contribution in [3.8, 4) is 5.75 Å². The number of rotatable bonds is 8. The standard InChI is InChI=1S/C26H21N3O7S/c1-34-19-10-6-17(7-11-19)14-36-26(31)23-20(21-3-2-12-35-21)15-37-25-22(24(30)28(23)25)27-13-16-4-8-18(9-5-16)29(32)33/h2-13,22,25H,14-15H2,1H3/t22-,25-/m0/s1. The van der Waals surface area contributed by atoms with Crippen LogP contribution in [0.1, 0.15) is 16.9 Å². The summed E-state index contributed by atoms with van der Waals surface area (Å²) in [6, 6.07) is 15.8. The van der Waals surface area contributed by atoms with Gasteiger partial charge in [0.1, 0.15) is 29.2 Å². The van der Waals surface area contributed by atoms with Gasteiger partial charge in [-0.05, 0) is 47.5 Å². The summed E-state index contributed by atoms with van der Waals surface area (Å²) < 4.78 is 16.3. The Kier molecular flexibility index (Phi) is 6.78. The Morgan fingerprint density at radius 3 is 2.62 bits per heavy atom. The van der Waals surface area contributed by atoms with E-state index in [2.05, 4.69) is 4.99 Å². The van der Waals surface area contributed by atoms with Gasteiger partial charge in [0.05, 0.1) is 18.3 Å². The highest BCUT2D eigenvalue weighted by Crippen LogP contribution is 2.44. The van der Waals surface area contributed by atoms with Crippen LogP contribution < -0.4 is 4.74 Å². The molecular weight excluding hydrogens is 498 g/mol. The van der Waals surface area contributed by atoms with Crippen LogP contribution in [0.2, 0.25) is 0 Å². The number of benzene rings is 2. The number of carbonyl (C=O) groups is 2. The lowest BCUT2D eigenvalue weighted by Gasteiger charge is -2.47. The lowest BCUT2D eigenvalue weighted by atomic mass is 10.0. The van der Waals surface area contributed by atoms with Crippen LogP contribution >= 0.6 is 11.8 Å². The van der Waals surface area contributed by atoms with Crippen molar-refractivity contribution in [2.75, 3.05) is 12.9 Å². The Labute approximate surface area is 215 Å². The van der Waals surface area contributed by atoms with Gasteiger partial charge in [-0.2, -0.15) is 0 Å². The summed E-state index contributed by atoms with van der Waals surface area (Å²) in [5, 5.41) is 10.5. The van der Waals surface area contributed by atoms with Crippen molar-refractivity contribution in [1.82, 2.24) is 4.90 Å². The molecule has 1 amide bonds. The number of hydrogen-bond donors (Lipinski definition) is 0. The number of ether oxygens (including phenoxy) is 2. The van der Waals surface area contributed by atoms with Crippen molar-refractivity contribution in [2.45, 2.75) is 18.0 Å². The number of methoxy groups -OCH3 is 1. The van der Waals surface area contributed by atoms with Gasteiger partial charge >= 0.3 is 5.97 Å². The maximum Gasteiger partial charge on any atom is 0.355 e. The predicted octanol–water partition coefficient (Wildman–Crippen LogP) is 4.05. The van der Waals surface area contributed by atoms with Crippen molar-refractivity contribution < 1.29 is 28.4 Å². The number of esters is 1. The number of hydrogen-bond acceptors (Lipinski definition) is 9. The number of amides is 1. The molecule has 3 aromatic rings. The molecule has 0 unspecified atom stereocenters. The first-order chi connectivity index (χ1) is 18.0. The Morgan fingerprint density at radius 1 is 1.22 bits per heavy atom. The molecule has 37 heavy (non-hydrogen) atoms. The molecule has 2 aliphatic rings. The molecule has 1 fully saturated rings. The minimum Gasteiger partial charge on any atom is -0.497 e. The SMILES string of the molecule is COc1ccc(COC(=O)C2=C(c3ccco3)CS[C@H]3[C@@H](N=Cc4ccc([N+](=O)[O-])cc4)C(=O)N23)cc1. The molecule has 11 heteroatoms. The number of thioether (sulfide) groups is 1. The van der Waals surface area contributed by atoms with E-state index in [9.17, 15) is 19.7 Å². The first-order valence-electron chi connectivity index (χ1n) is 11.3. The van der Waals surface area contributed by atoms with E-state index >= 15 is 0 Å². The minimum atomic E-state index is -0.692. The number of β-lactam (4-membered cyclic amide) rings is 1. The van der Waals surface area contributed by atoms with E-state index < -0.39 is 16.9 Å². The molecule has 3 heterocycles. The summed E-state index contributed by atoms with van der Waals surface area (Å²) in [5.41, 5.74) is 2.11. The maximum absolute atomic E-state index is 13.3. The van der Waals surface area contributed by atoms with Gasteiger partial charge in [-0.15, -0.1) is 11.8 Å². The van der Waals surface area contributed by atoms with Gasteiger partial charge in [0.25, 0.3) is 11.6 Å². The first-order valence-corrected chi connectivity index (χ1v) is 12.3. The second-order valence-electron chi connectivity index (χ2n) is 8.21. The summed E-state index contributed by atoms with van der Waals surface area (Å²) >= 11 is 1.47. The van der Waals surface area contributed by atoms with Gasteiger partial charge in [-0.1, -0.05) is 12.1 Å². The average molecular weight is 520 g/mol. The zero-order chi connectivity index (χ0) is 25.9. The number of nitro benzene ring substituents is 1. The van der Waals surface area contributed by atoms with Crippen LogP contribution in [0.4, 0.5) is 5.69 Å². The van der Waals surface area contributed by atoms with Crippen LogP contribution in [0.5, 0.6) is 5.75 Å². The summed E-state index contributed by atoms with van der Waals surface area (Å²) in [4.78, 5) is 42.6. The number of carbonyl (C=O) groups excluding carboxylic acids is 2. The van der Waals surface area contributed by atoms with Crippen LogP contribution in [0, 0.1) is 10.1 Å². The molecule has 0 spiro atoms. The third-order valence-electron chi connectivity index (χ3n) is 5.97. The Morgan fingerprint density at radius 2 is 1.97 bits per heavy atom. The molecule has 10 nitrogen and oxygen atoms in total. The highest BCUT2D eigenvalue weighted by atomic mass is 32.2. The fourth-order valence-electron chi connectivity index (χ4n) is 4.02. The van der Waals surface area contributed by atoms with E-state index in [0.717, 1.165) is 5.56 Å². The molecule has 0 radical (unpaired) electrons.